The molecule has 0 aliphatic carbocycles. The minimum atomic E-state index is -0.146. The van der Waals surface area contributed by atoms with Crippen molar-refractivity contribution in [2.45, 2.75) is 26.2 Å². The van der Waals surface area contributed by atoms with Gasteiger partial charge in [0.15, 0.2) is 0 Å². The molecule has 2 aromatic heterocycles. The van der Waals surface area contributed by atoms with E-state index in [9.17, 15) is 0 Å². The van der Waals surface area contributed by atoms with Crippen molar-refractivity contribution in [3.8, 4) is 11.3 Å². The average Bonchev–Trinajstić information content (AvgIpc) is 2.54. The molecule has 1 fully saturated rings. The van der Waals surface area contributed by atoms with E-state index in [1.807, 2.05) is 6.20 Å². The molecule has 0 amide bonds. The summed E-state index contributed by atoms with van der Waals surface area (Å²) in [6, 6.07) is 0. The molecule has 8 nitrogen and oxygen atoms in total. The van der Waals surface area contributed by atoms with Crippen molar-refractivity contribution in [1.29, 1.82) is 0 Å². The third-order valence-electron chi connectivity index (χ3n) is 3.97. The van der Waals surface area contributed by atoms with Gasteiger partial charge >= 0.3 is 0 Å². The van der Waals surface area contributed by atoms with E-state index in [0.717, 1.165) is 24.3 Å². The molecule has 0 saturated carbocycles. The number of nitrogen functional groups attached to an aromatic ring is 2. The second kappa shape index (κ2) is 6.20. The van der Waals surface area contributed by atoms with Crippen LogP contribution in [0.1, 0.15) is 26.3 Å². The Morgan fingerprint density at radius 2 is 1.75 bits per heavy atom. The first kappa shape index (κ1) is 16.4. The summed E-state index contributed by atoms with van der Waals surface area (Å²) >= 11 is 0. The monoisotopic (exact) mass is 329 g/mol. The Morgan fingerprint density at radius 3 is 2.38 bits per heavy atom. The summed E-state index contributed by atoms with van der Waals surface area (Å²) in [5, 5.41) is 0. The predicted molar refractivity (Wildman–Crippen MR) is 93.6 cm³/mol. The van der Waals surface area contributed by atoms with Gasteiger partial charge in [0.2, 0.25) is 11.9 Å². The topological polar surface area (TPSA) is 116 Å². The quantitative estimate of drug-likeness (QED) is 0.845. The summed E-state index contributed by atoms with van der Waals surface area (Å²) in [5.74, 6) is 1.13. The van der Waals surface area contributed by atoms with E-state index < -0.39 is 0 Å². The van der Waals surface area contributed by atoms with Crippen molar-refractivity contribution in [2.75, 3.05) is 42.7 Å². The fraction of sp³-hybridized carbons (Fsp3) is 0.500. The molecule has 0 atom stereocenters. The van der Waals surface area contributed by atoms with E-state index in [1.54, 1.807) is 6.20 Å². The number of aromatic nitrogens is 4. The molecule has 0 bridgehead atoms. The zero-order chi connectivity index (χ0) is 17.3. The summed E-state index contributed by atoms with van der Waals surface area (Å²) < 4.78 is 5.40. The molecular formula is C16H23N7O. The molecule has 1 aliphatic heterocycles. The zero-order valence-corrected chi connectivity index (χ0v) is 14.3. The molecule has 1 saturated heterocycles. The largest absolute Gasteiger partial charge is 0.383 e. The van der Waals surface area contributed by atoms with Gasteiger partial charge in [-0.2, -0.15) is 4.98 Å². The second-order valence-corrected chi connectivity index (χ2v) is 6.81. The van der Waals surface area contributed by atoms with E-state index in [-0.39, 0.29) is 11.4 Å². The van der Waals surface area contributed by atoms with Crippen LogP contribution in [0.25, 0.3) is 11.3 Å². The van der Waals surface area contributed by atoms with E-state index in [4.69, 9.17) is 21.2 Å². The first-order chi connectivity index (χ1) is 11.4. The van der Waals surface area contributed by atoms with Crippen molar-refractivity contribution in [1.82, 2.24) is 19.9 Å². The molecule has 24 heavy (non-hydrogen) atoms. The summed E-state index contributed by atoms with van der Waals surface area (Å²) in [4.78, 5) is 19.6. The number of hydrogen-bond donors (Lipinski definition) is 2. The van der Waals surface area contributed by atoms with Crippen molar-refractivity contribution < 1.29 is 4.74 Å². The number of anilines is 3. The van der Waals surface area contributed by atoms with Crippen LogP contribution in [-0.2, 0) is 10.2 Å². The Bertz CT molecular complexity index is 736. The summed E-state index contributed by atoms with van der Waals surface area (Å²) in [6.07, 6.45) is 3.49. The van der Waals surface area contributed by atoms with E-state index in [1.165, 1.54) is 0 Å². The van der Waals surface area contributed by atoms with Gasteiger partial charge < -0.3 is 21.1 Å². The molecule has 8 heteroatoms. The Balaban J connectivity index is 2.12. The van der Waals surface area contributed by atoms with Crippen LogP contribution < -0.4 is 16.4 Å². The average molecular weight is 329 g/mol. The molecule has 1 aliphatic rings. The lowest BCUT2D eigenvalue weighted by Gasteiger charge is -2.29. The maximum Gasteiger partial charge on any atom is 0.226 e. The third-order valence-corrected chi connectivity index (χ3v) is 3.97. The normalized spacial score (nSPS) is 15.5. The number of hydrogen-bond acceptors (Lipinski definition) is 8. The summed E-state index contributed by atoms with van der Waals surface area (Å²) in [5.41, 5.74) is 13.9. The first-order valence-electron chi connectivity index (χ1n) is 7.95. The fourth-order valence-corrected chi connectivity index (χ4v) is 2.63. The van der Waals surface area contributed by atoms with Crippen LogP contribution in [0.15, 0.2) is 12.4 Å². The van der Waals surface area contributed by atoms with Gasteiger partial charge in [0.25, 0.3) is 0 Å². The zero-order valence-electron chi connectivity index (χ0n) is 14.3. The van der Waals surface area contributed by atoms with Crippen molar-refractivity contribution in [3.63, 3.8) is 0 Å². The minimum absolute atomic E-state index is 0.146. The van der Waals surface area contributed by atoms with Crippen LogP contribution in [-0.4, -0.2) is 46.2 Å². The van der Waals surface area contributed by atoms with Gasteiger partial charge in [-0.15, -0.1) is 0 Å². The Kier molecular flexibility index (Phi) is 4.23. The number of ether oxygens (including phenoxy) is 1. The van der Waals surface area contributed by atoms with Gasteiger partial charge in [-0.1, -0.05) is 20.8 Å². The van der Waals surface area contributed by atoms with Crippen LogP contribution in [0.3, 0.4) is 0 Å². The Morgan fingerprint density at radius 1 is 1.04 bits per heavy atom. The van der Waals surface area contributed by atoms with Crippen LogP contribution in [0.5, 0.6) is 0 Å². The van der Waals surface area contributed by atoms with E-state index in [0.29, 0.717) is 30.5 Å². The minimum Gasteiger partial charge on any atom is -0.383 e. The molecule has 0 spiro atoms. The maximum atomic E-state index is 6.07. The molecule has 2 aromatic rings. The molecular weight excluding hydrogens is 306 g/mol. The van der Waals surface area contributed by atoms with E-state index in [2.05, 4.69) is 40.6 Å². The fourth-order valence-electron chi connectivity index (χ4n) is 2.63. The lowest BCUT2D eigenvalue weighted by atomic mass is 9.85. The molecule has 0 unspecified atom stereocenters. The lowest BCUT2D eigenvalue weighted by Crippen LogP contribution is -2.37. The first-order valence-corrected chi connectivity index (χ1v) is 7.95. The number of nitrogens with two attached hydrogens (primary N) is 2. The van der Waals surface area contributed by atoms with Gasteiger partial charge in [-0.05, 0) is 5.41 Å². The SMILES string of the molecule is CC(C)(C)c1cnc(N2CCOCC2)nc1-c1cnc(N)nc1N. The number of nitrogens with zero attached hydrogens (tertiary/aromatic N) is 5. The molecule has 3 heterocycles. The van der Waals surface area contributed by atoms with Gasteiger partial charge in [-0.25, -0.2) is 15.0 Å². The Hall–Kier alpha value is -2.48. The summed E-state index contributed by atoms with van der Waals surface area (Å²) in [7, 11) is 0. The highest BCUT2D eigenvalue weighted by Crippen LogP contribution is 2.34. The van der Waals surface area contributed by atoms with Crippen molar-refractivity contribution in [2.24, 2.45) is 0 Å². The predicted octanol–water partition coefficient (Wildman–Crippen LogP) is 1.23. The maximum absolute atomic E-state index is 6.07. The van der Waals surface area contributed by atoms with Gasteiger partial charge in [0.05, 0.1) is 24.5 Å². The Labute approximate surface area is 141 Å². The van der Waals surface area contributed by atoms with Gasteiger partial charge in [0.1, 0.15) is 5.82 Å². The second-order valence-electron chi connectivity index (χ2n) is 6.81. The van der Waals surface area contributed by atoms with Crippen LogP contribution in [0.2, 0.25) is 0 Å². The highest BCUT2D eigenvalue weighted by atomic mass is 16.5. The summed E-state index contributed by atoms with van der Waals surface area (Å²) in [6.45, 7) is 9.21. The van der Waals surface area contributed by atoms with Crippen molar-refractivity contribution >= 4 is 17.7 Å². The number of rotatable bonds is 2. The number of morpholine rings is 1. The third kappa shape index (κ3) is 3.23. The lowest BCUT2D eigenvalue weighted by molar-refractivity contribution is 0.122. The molecule has 0 radical (unpaired) electrons. The highest BCUT2D eigenvalue weighted by Gasteiger charge is 2.25. The van der Waals surface area contributed by atoms with Crippen LogP contribution >= 0.6 is 0 Å². The molecule has 4 N–H and O–H groups in total. The smallest absolute Gasteiger partial charge is 0.226 e. The van der Waals surface area contributed by atoms with Crippen LogP contribution in [0, 0.1) is 0 Å². The molecule has 0 aromatic carbocycles. The highest BCUT2D eigenvalue weighted by molar-refractivity contribution is 5.74. The molecule has 128 valence electrons. The van der Waals surface area contributed by atoms with Gasteiger partial charge in [-0.3, -0.25) is 0 Å². The van der Waals surface area contributed by atoms with Crippen molar-refractivity contribution in [3.05, 3.63) is 18.0 Å². The molecule has 3 rings (SSSR count). The standard InChI is InChI=1S/C16H23N7O/c1-16(2,3)11-9-20-15(23-4-6-24-7-5-23)21-12(11)10-8-19-14(18)22-13(10)17/h8-9H,4-7H2,1-3H3,(H4,17,18,19,22). The van der Waals surface area contributed by atoms with Crippen LogP contribution in [0.4, 0.5) is 17.7 Å². The van der Waals surface area contributed by atoms with Gasteiger partial charge in [0, 0.05) is 31.0 Å². The van der Waals surface area contributed by atoms with E-state index >= 15 is 0 Å².